The number of likely N-dealkylation sites (tertiary alicyclic amines) is 1. The van der Waals surface area contributed by atoms with Gasteiger partial charge in [-0.05, 0) is 13.5 Å². The van der Waals surface area contributed by atoms with Crippen molar-refractivity contribution in [3.63, 3.8) is 0 Å². The van der Waals surface area contributed by atoms with Crippen LogP contribution in [0.2, 0.25) is 0 Å². The van der Waals surface area contributed by atoms with E-state index in [-0.39, 0.29) is 5.91 Å². The van der Waals surface area contributed by atoms with Crippen molar-refractivity contribution in [2.45, 2.75) is 18.9 Å². The fourth-order valence-electron chi connectivity index (χ4n) is 1.87. The van der Waals surface area contributed by atoms with Gasteiger partial charge in [-0.25, -0.2) is 0 Å². The van der Waals surface area contributed by atoms with E-state index in [9.17, 15) is 4.79 Å². The van der Waals surface area contributed by atoms with E-state index in [4.69, 9.17) is 5.26 Å². The Labute approximate surface area is 97.0 Å². The van der Waals surface area contributed by atoms with Gasteiger partial charge in [-0.1, -0.05) is 0 Å². The van der Waals surface area contributed by atoms with Crippen LogP contribution in [0.1, 0.15) is 12.8 Å². The fourth-order valence-corrected chi connectivity index (χ4v) is 1.87. The Morgan fingerprint density at radius 1 is 1.69 bits per heavy atom. The monoisotopic (exact) mass is 224 g/mol. The molecule has 1 fully saturated rings. The van der Waals surface area contributed by atoms with Crippen LogP contribution in [0.5, 0.6) is 0 Å². The Balaban J connectivity index is 2.27. The molecule has 0 aromatic heterocycles. The fraction of sp³-hybridized carbons (Fsp3) is 0.818. The summed E-state index contributed by atoms with van der Waals surface area (Å²) in [6.45, 7) is 2.91. The smallest absolute Gasteiger partial charge is 0.236 e. The van der Waals surface area contributed by atoms with Gasteiger partial charge >= 0.3 is 0 Å². The molecule has 1 unspecified atom stereocenters. The number of carbonyl (C=O) groups is 1. The van der Waals surface area contributed by atoms with E-state index < -0.39 is 0 Å². The Hall–Kier alpha value is -1.12. The molecule has 1 atom stereocenters. The molecule has 90 valence electrons. The van der Waals surface area contributed by atoms with Crippen molar-refractivity contribution in [3.05, 3.63) is 0 Å². The lowest BCUT2D eigenvalue weighted by Crippen LogP contribution is -2.39. The number of likely N-dealkylation sites (N-methyl/N-ethyl adjacent to an activating group) is 2. The number of carbonyl (C=O) groups excluding carboxylic acids is 1. The van der Waals surface area contributed by atoms with Crippen LogP contribution in [-0.4, -0.2) is 62.0 Å². The van der Waals surface area contributed by atoms with Crippen LogP contribution in [0.3, 0.4) is 0 Å². The van der Waals surface area contributed by atoms with E-state index in [2.05, 4.69) is 10.2 Å². The summed E-state index contributed by atoms with van der Waals surface area (Å²) in [5.74, 6) is 0.104. The summed E-state index contributed by atoms with van der Waals surface area (Å²) in [5.41, 5.74) is 0. The van der Waals surface area contributed by atoms with Crippen molar-refractivity contribution in [1.82, 2.24) is 15.1 Å². The lowest BCUT2D eigenvalue weighted by Gasteiger charge is -2.20. The summed E-state index contributed by atoms with van der Waals surface area (Å²) in [6.07, 6.45) is 1.51. The van der Waals surface area contributed by atoms with Crippen molar-refractivity contribution in [2.24, 2.45) is 0 Å². The second-order valence-electron chi connectivity index (χ2n) is 4.23. The van der Waals surface area contributed by atoms with Gasteiger partial charge in [0.15, 0.2) is 0 Å². The number of nitrogens with one attached hydrogen (secondary N) is 1. The van der Waals surface area contributed by atoms with Gasteiger partial charge in [0.1, 0.15) is 0 Å². The molecular formula is C11H20N4O. The summed E-state index contributed by atoms with van der Waals surface area (Å²) >= 11 is 0. The second kappa shape index (κ2) is 6.46. The molecule has 1 heterocycles. The number of amides is 1. The minimum Gasteiger partial charge on any atom is -0.344 e. The van der Waals surface area contributed by atoms with Crippen LogP contribution < -0.4 is 5.32 Å². The zero-order chi connectivity index (χ0) is 12.0. The third-order valence-electron chi connectivity index (χ3n) is 3.02. The van der Waals surface area contributed by atoms with Crippen molar-refractivity contribution < 1.29 is 4.79 Å². The molecule has 0 spiro atoms. The molecule has 1 N–H and O–H groups in total. The van der Waals surface area contributed by atoms with Gasteiger partial charge in [0.25, 0.3) is 0 Å². The SMILES string of the molecule is CNC1CCN(CC(=O)N(C)CCC#N)C1. The van der Waals surface area contributed by atoms with Gasteiger partial charge in [-0.15, -0.1) is 0 Å². The Morgan fingerprint density at radius 2 is 2.44 bits per heavy atom. The van der Waals surface area contributed by atoms with Gasteiger partial charge in [0.05, 0.1) is 19.0 Å². The predicted octanol–water partition coefficient (Wildman–Crippen LogP) is -0.348. The van der Waals surface area contributed by atoms with Crippen LogP contribution >= 0.6 is 0 Å². The number of rotatable bonds is 5. The maximum Gasteiger partial charge on any atom is 0.236 e. The molecule has 1 aliphatic rings. The Kier molecular flexibility index (Phi) is 5.23. The van der Waals surface area contributed by atoms with E-state index in [1.807, 2.05) is 13.1 Å². The van der Waals surface area contributed by atoms with Gasteiger partial charge in [-0.3, -0.25) is 9.69 Å². The van der Waals surface area contributed by atoms with E-state index in [0.29, 0.717) is 25.6 Å². The summed E-state index contributed by atoms with van der Waals surface area (Å²) in [7, 11) is 3.71. The van der Waals surface area contributed by atoms with E-state index in [1.54, 1.807) is 11.9 Å². The number of nitrogens with zero attached hydrogens (tertiary/aromatic N) is 3. The molecule has 0 aromatic carbocycles. The lowest BCUT2D eigenvalue weighted by atomic mass is 10.3. The number of nitriles is 1. The summed E-state index contributed by atoms with van der Waals surface area (Å²) in [5, 5.41) is 11.7. The lowest BCUT2D eigenvalue weighted by molar-refractivity contribution is -0.130. The molecule has 1 saturated heterocycles. The van der Waals surface area contributed by atoms with Crippen molar-refractivity contribution >= 4 is 5.91 Å². The predicted molar refractivity (Wildman–Crippen MR) is 61.8 cm³/mol. The molecule has 0 aliphatic carbocycles. The third-order valence-corrected chi connectivity index (χ3v) is 3.02. The van der Waals surface area contributed by atoms with Crippen molar-refractivity contribution in [3.8, 4) is 6.07 Å². The van der Waals surface area contributed by atoms with Crippen LogP contribution in [0.4, 0.5) is 0 Å². The zero-order valence-corrected chi connectivity index (χ0v) is 10.1. The van der Waals surface area contributed by atoms with E-state index in [1.165, 1.54) is 0 Å². The molecule has 0 radical (unpaired) electrons. The zero-order valence-electron chi connectivity index (χ0n) is 10.1. The summed E-state index contributed by atoms with van der Waals surface area (Å²) in [6, 6.07) is 2.56. The minimum absolute atomic E-state index is 0.104. The highest BCUT2D eigenvalue weighted by Crippen LogP contribution is 2.08. The van der Waals surface area contributed by atoms with Gasteiger partial charge in [0.2, 0.25) is 5.91 Å². The molecule has 0 aromatic rings. The first-order chi connectivity index (χ1) is 7.67. The van der Waals surface area contributed by atoms with Crippen molar-refractivity contribution in [1.29, 1.82) is 5.26 Å². The van der Waals surface area contributed by atoms with E-state index >= 15 is 0 Å². The Morgan fingerprint density at radius 3 is 3.00 bits per heavy atom. The van der Waals surface area contributed by atoms with Crippen LogP contribution in [0.15, 0.2) is 0 Å². The molecule has 5 heteroatoms. The van der Waals surface area contributed by atoms with Crippen LogP contribution in [-0.2, 0) is 4.79 Å². The quantitative estimate of drug-likeness (QED) is 0.693. The largest absolute Gasteiger partial charge is 0.344 e. The normalized spacial score (nSPS) is 20.7. The minimum atomic E-state index is 0.104. The molecule has 1 aliphatic heterocycles. The molecule has 0 saturated carbocycles. The molecule has 5 nitrogen and oxygen atoms in total. The maximum atomic E-state index is 11.8. The molecule has 1 amide bonds. The van der Waals surface area contributed by atoms with E-state index in [0.717, 1.165) is 19.5 Å². The van der Waals surface area contributed by atoms with Crippen molar-refractivity contribution in [2.75, 3.05) is 40.3 Å². The average molecular weight is 224 g/mol. The van der Waals surface area contributed by atoms with Gasteiger partial charge in [0, 0.05) is 32.7 Å². The molecule has 1 rings (SSSR count). The molecule has 0 bridgehead atoms. The summed E-state index contributed by atoms with van der Waals surface area (Å²) in [4.78, 5) is 15.5. The second-order valence-corrected chi connectivity index (χ2v) is 4.23. The molecular weight excluding hydrogens is 204 g/mol. The first-order valence-corrected chi connectivity index (χ1v) is 5.68. The third kappa shape index (κ3) is 3.80. The Bertz CT molecular complexity index is 274. The number of hydrogen-bond donors (Lipinski definition) is 1. The highest BCUT2D eigenvalue weighted by Gasteiger charge is 2.23. The topological polar surface area (TPSA) is 59.4 Å². The standard InChI is InChI=1S/C11H20N4O/c1-13-10-4-7-15(8-10)9-11(16)14(2)6-3-5-12/h10,13H,3-4,6-9H2,1-2H3. The maximum absolute atomic E-state index is 11.8. The average Bonchev–Trinajstić information content (AvgIpc) is 2.73. The highest BCUT2D eigenvalue weighted by molar-refractivity contribution is 5.78. The van der Waals surface area contributed by atoms with Crippen LogP contribution in [0, 0.1) is 11.3 Å². The first kappa shape index (κ1) is 12.9. The molecule has 16 heavy (non-hydrogen) atoms. The number of hydrogen-bond acceptors (Lipinski definition) is 4. The van der Waals surface area contributed by atoms with Crippen LogP contribution in [0.25, 0.3) is 0 Å². The van der Waals surface area contributed by atoms with Gasteiger partial charge in [-0.2, -0.15) is 5.26 Å². The van der Waals surface area contributed by atoms with Gasteiger partial charge < -0.3 is 10.2 Å². The first-order valence-electron chi connectivity index (χ1n) is 5.68. The highest BCUT2D eigenvalue weighted by atomic mass is 16.2. The summed E-state index contributed by atoms with van der Waals surface area (Å²) < 4.78 is 0.